The molecule has 31 heavy (non-hydrogen) atoms. The third-order valence-corrected chi connectivity index (χ3v) is 6.74. The number of methoxy groups -OCH3 is 1. The summed E-state index contributed by atoms with van der Waals surface area (Å²) in [7, 11) is 1.74. The van der Waals surface area contributed by atoms with Gasteiger partial charge in [0.15, 0.2) is 17.9 Å². The number of rotatable bonds is 7. The van der Waals surface area contributed by atoms with Crippen LogP contribution in [0.5, 0.6) is 0 Å². The largest absolute Gasteiger partial charge is 0.385 e. The van der Waals surface area contributed by atoms with Crippen LogP contribution in [0.3, 0.4) is 0 Å². The lowest BCUT2D eigenvalue weighted by atomic mass is 9.78. The fourth-order valence-corrected chi connectivity index (χ4v) is 4.86. The van der Waals surface area contributed by atoms with E-state index in [2.05, 4.69) is 12.1 Å². The molecule has 5 heteroatoms. The maximum atomic E-state index is 13.5. The molecule has 0 unspecified atom stereocenters. The van der Waals surface area contributed by atoms with Crippen molar-refractivity contribution in [2.75, 3.05) is 26.9 Å². The van der Waals surface area contributed by atoms with Crippen LogP contribution < -0.4 is 0 Å². The van der Waals surface area contributed by atoms with E-state index in [1.165, 1.54) is 17.7 Å². The van der Waals surface area contributed by atoms with E-state index >= 15 is 0 Å². The minimum atomic E-state index is -0.815. The molecule has 0 amide bonds. The van der Waals surface area contributed by atoms with Gasteiger partial charge in [-0.25, -0.2) is 8.78 Å². The second kappa shape index (κ2) is 10.7. The molecule has 0 spiro atoms. The smallest absolute Gasteiger partial charge is 0.160 e. The van der Waals surface area contributed by atoms with Crippen molar-refractivity contribution in [1.82, 2.24) is 0 Å². The van der Waals surface area contributed by atoms with Crippen LogP contribution in [0.1, 0.15) is 50.0 Å². The number of benzene rings is 2. The highest BCUT2D eigenvalue weighted by atomic mass is 19.2. The lowest BCUT2D eigenvalue weighted by Crippen LogP contribution is -2.38. The highest BCUT2D eigenvalue weighted by Gasteiger charge is 2.32. The summed E-state index contributed by atoms with van der Waals surface area (Å²) in [6.45, 7) is 2.38. The maximum absolute atomic E-state index is 13.5. The van der Waals surface area contributed by atoms with E-state index < -0.39 is 11.6 Å². The third-order valence-electron chi connectivity index (χ3n) is 6.74. The van der Waals surface area contributed by atoms with E-state index in [4.69, 9.17) is 14.2 Å². The summed E-state index contributed by atoms with van der Waals surface area (Å²) >= 11 is 0. The number of hydrogen-bond acceptors (Lipinski definition) is 3. The Kier molecular flexibility index (Phi) is 7.70. The highest BCUT2D eigenvalue weighted by Crippen LogP contribution is 2.39. The SMILES string of the molecule is COCCCC1COC(C2CCC(c3ccc(-c4ccc(F)c(F)c4)cc3)CC2)OC1. The van der Waals surface area contributed by atoms with Gasteiger partial charge in [0.1, 0.15) is 0 Å². The van der Waals surface area contributed by atoms with E-state index in [1.807, 2.05) is 12.1 Å². The van der Waals surface area contributed by atoms with E-state index in [0.29, 0.717) is 23.3 Å². The van der Waals surface area contributed by atoms with Gasteiger partial charge in [-0.2, -0.15) is 0 Å². The van der Waals surface area contributed by atoms with Gasteiger partial charge in [0.05, 0.1) is 13.2 Å². The molecular formula is C26H32F2O3. The Bertz CT molecular complexity index is 823. The first-order chi connectivity index (χ1) is 15.1. The Morgan fingerprint density at radius 2 is 1.55 bits per heavy atom. The molecule has 1 saturated carbocycles. The average Bonchev–Trinajstić information content (AvgIpc) is 2.82. The predicted molar refractivity (Wildman–Crippen MR) is 117 cm³/mol. The molecule has 4 rings (SSSR count). The summed E-state index contributed by atoms with van der Waals surface area (Å²) in [5.74, 6) is -0.146. The number of ether oxygens (including phenoxy) is 3. The second-order valence-corrected chi connectivity index (χ2v) is 8.90. The van der Waals surface area contributed by atoms with Crippen molar-refractivity contribution in [3.63, 3.8) is 0 Å². The van der Waals surface area contributed by atoms with Gasteiger partial charge in [0.2, 0.25) is 0 Å². The van der Waals surface area contributed by atoms with Crippen LogP contribution >= 0.6 is 0 Å². The molecule has 0 bridgehead atoms. The molecule has 0 radical (unpaired) electrons. The minimum absolute atomic E-state index is 0.0598. The van der Waals surface area contributed by atoms with Crippen molar-refractivity contribution < 1.29 is 23.0 Å². The minimum Gasteiger partial charge on any atom is -0.385 e. The van der Waals surface area contributed by atoms with Crippen molar-refractivity contribution in [2.24, 2.45) is 11.8 Å². The zero-order valence-electron chi connectivity index (χ0n) is 18.2. The van der Waals surface area contributed by atoms with E-state index in [-0.39, 0.29) is 6.29 Å². The van der Waals surface area contributed by atoms with Crippen molar-refractivity contribution in [3.05, 3.63) is 59.7 Å². The Balaban J connectivity index is 1.26. The van der Waals surface area contributed by atoms with Gasteiger partial charge < -0.3 is 14.2 Å². The van der Waals surface area contributed by atoms with Gasteiger partial charge in [-0.1, -0.05) is 30.3 Å². The zero-order chi connectivity index (χ0) is 21.6. The summed E-state index contributed by atoms with van der Waals surface area (Å²) in [6, 6.07) is 12.3. The van der Waals surface area contributed by atoms with Crippen LogP contribution in [-0.4, -0.2) is 33.2 Å². The normalized spacial score (nSPS) is 26.7. The van der Waals surface area contributed by atoms with Crippen LogP contribution in [0.15, 0.2) is 42.5 Å². The van der Waals surface area contributed by atoms with Crippen molar-refractivity contribution in [2.45, 2.75) is 50.7 Å². The molecule has 2 aliphatic rings. The molecule has 2 aromatic carbocycles. The average molecular weight is 431 g/mol. The Morgan fingerprint density at radius 1 is 0.871 bits per heavy atom. The highest BCUT2D eigenvalue weighted by molar-refractivity contribution is 5.63. The first kappa shape index (κ1) is 22.4. The molecular weight excluding hydrogens is 398 g/mol. The molecule has 0 N–H and O–H groups in total. The van der Waals surface area contributed by atoms with Crippen molar-refractivity contribution in [1.29, 1.82) is 0 Å². The van der Waals surface area contributed by atoms with E-state index in [1.54, 1.807) is 13.2 Å². The number of halogens is 2. The molecule has 2 fully saturated rings. The Hall–Kier alpha value is -1.82. The standard InChI is InChI=1S/C26H32F2O3/c1-29-14-2-3-18-16-30-26(31-17-18)22-10-8-20(9-11-22)19-4-6-21(7-5-19)23-12-13-24(27)25(28)15-23/h4-7,12-13,15,18,20,22,26H,2-3,8-11,14,16-17H2,1H3. The molecule has 1 heterocycles. The first-order valence-corrected chi connectivity index (χ1v) is 11.4. The quantitative estimate of drug-likeness (QED) is 0.481. The fourth-order valence-electron chi connectivity index (χ4n) is 4.86. The molecule has 1 aliphatic heterocycles. The molecule has 0 aromatic heterocycles. The molecule has 3 nitrogen and oxygen atoms in total. The molecule has 1 aliphatic carbocycles. The Labute approximate surface area is 183 Å². The zero-order valence-corrected chi connectivity index (χ0v) is 18.2. The predicted octanol–water partition coefficient (Wildman–Crippen LogP) is 6.32. The first-order valence-electron chi connectivity index (χ1n) is 11.4. The van der Waals surface area contributed by atoms with Gasteiger partial charge in [-0.3, -0.25) is 0 Å². The van der Waals surface area contributed by atoms with E-state index in [9.17, 15) is 8.78 Å². The van der Waals surface area contributed by atoms with Gasteiger partial charge in [0, 0.05) is 25.6 Å². The topological polar surface area (TPSA) is 27.7 Å². The van der Waals surface area contributed by atoms with Crippen LogP contribution in [0, 0.1) is 23.5 Å². The Morgan fingerprint density at radius 3 is 2.19 bits per heavy atom. The number of hydrogen-bond donors (Lipinski definition) is 0. The van der Waals surface area contributed by atoms with Crippen LogP contribution in [-0.2, 0) is 14.2 Å². The maximum Gasteiger partial charge on any atom is 0.160 e. The molecule has 1 saturated heterocycles. The third kappa shape index (κ3) is 5.71. The monoisotopic (exact) mass is 430 g/mol. The lowest BCUT2D eigenvalue weighted by molar-refractivity contribution is -0.229. The van der Waals surface area contributed by atoms with Gasteiger partial charge in [-0.15, -0.1) is 0 Å². The summed E-state index contributed by atoms with van der Waals surface area (Å²) < 4.78 is 43.9. The summed E-state index contributed by atoms with van der Waals surface area (Å²) in [6.07, 6.45) is 6.54. The van der Waals surface area contributed by atoms with E-state index in [0.717, 1.165) is 63.9 Å². The van der Waals surface area contributed by atoms with Crippen LogP contribution in [0.25, 0.3) is 11.1 Å². The van der Waals surface area contributed by atoms with Crippen molar-refractivity contribution >= 4 is 0 Å². The van der Waals surface area contributed by atoms with Gasteiger partial charge in [-0.05, 0) is 73.3 Å². The van der Waals surface area contributed by atoms with Crippen LogP contribution in [0.2, 0.25) is 0 Å². The molecule has 2 aromatic rings. The van der Waals surface area contributed by atoms with Gasteiger partial charge >= 0.3 is 0 Å². The second-order valence-electron chi connectivity index (χ2n) is 8.90. The molecule has 168 valence electrons. The van der Waals surface area contributed by atoms with Gasteiger partial charge in [0.25, 0.3) is 0 Å². The fraction of sp³-hybridized carbons (Fsp3) is 0.538. The summed E-state index contributed by atoms with van der Waals surface area (Å²) in [5.41, 5.74) is 2.91. The molecule has 0 atom stereocenters. The summed E-state index contributed by atoms with van der Waals surface area (Å²) in [4.78, 5) is 0. The van der Waals surface area contributed by atoms with Crippen molar-refractivity contribution in [3.8, 4) is 11.1 Å². The summed E-state index contributed by atoms with van der Waals surface area (Å²) in [5, 5.41) is 0. The van der Waals surface area contributed by atoms with Crippen LogP contribution in [0.4, 0.5) is 8.78 Å². The lowest BCUT2D eigenvalue weighted by Gasteiger charge is -2.37.